The summed E-state index contributed by atoms with van der Waals surface area (Å²) in [4.78, 5) is 24.3. The second kappa shape index (κ2) is 8.29. The highest BCUT2D eigenvalue weighted by molar-refractivity contribution is 9.10. The van der Waals surface area contributed by atoms with Crippen LogP contribution in [-0.4, -0.2) is 33.4 Å². The Morgan fingerprint density at radius 2 is 1.96 bits per heavy atom. The highest BCUT2D eigenvalue weighted by Crippen LogP contribution is 2.24. The number of aromatic hydroxyl groups is 1. The maximum atomic E-state index is 12.3. The molecular weight excluding hydrogens is 418 g/mol. The SMILES string of the molecule is O=C(CC1S/C(=N/N=C/c2ccccc2O)NC1=O)c1ccc(Br)cc1. The molecule has 1 amide bonds. The molecule has 26 heavy (non-hydrogen) atoms. The number of phenols is 1. The van der Waals surface area contributed by atoms with E-state index in [9.17, 15) is 14.7 Å². The van der Waals surface area contributed by atoms with Crippen molar-refractivity contribution in [3.63, 3.8) is 0 Å². The first-order chi connectivity index (χ1) is 12.5. The lowest BCUT2D eigenvalue weighted by atomic mass is 10.1. The first-order valence-electron chi connectivity index (χ1n) is 7.68. The van der Waals surface area contributed by atoms with E-state index in [0.29, 0.717) is 16.3 Å². The van der Waals surface area contributed by atoms with Crippen LogP contribution in [0.4, 0.5) is 0 Å². The number of benzene rings is 2. The number of rotatable bonds is 5. The van der Waals surface area contributed by atoms with E-state index in [1.807, 2.05) is 0 Å². The normalized spacial score (nSPS) is 18.4. The number of para-hydroxylation sites is 1. The van der Waals surface area contributed by atoms with Crippen molar-refractivity contribution < 1.29 is 14.7 Å². The Kier molecular flexibility index (Phi) is 5.85. The number of thioether (sulfide) groups is 1. The van der Waals surface area contributed by atoms with Crippen molar-refractivity contribution in [3.8, 4) is 5.75 Å². The third-order valence-corrected chi connectivity index (χ3v) is 5.20. The number of nitrogens with one attached hydrogen (secondary N) is 1. The summed E-state index contributed by atoms with van der Waals surface area (Å²) in [5.74, 6) is -0.279. The Balaban J connectivity index is 1.62. The summed E-state index contributed by atoms with van der Waals surface area (Å²) in [6, 6.07) is 13.7. The fraction of sp³-hybridized carbons (Fsp3) is 0.111. The van der Waals surface area contributed by atoms with E-state index in [2.05, 4.69) is 31.4 Å². The van der Waals surface area contributed by atoms with Gasteiger partial charge in [-0.2, -0.15) is 5.10 Å². The summed E-state index contributed by atoms with van der Waals surface area (Å²) in [5, 5.41) is 19.9. The molecule has 1 fully saturated rings. The zero-order valence-electron chi connectivity index (χ0n) is 13.4. The van der Waals surface area contributed by atoms with Crippen LogP contribution >= 0.6 is 27.7 Å². The summed E-state index contributed by atoms with van der Waals surface area (Å²) >= 11 is 4.49. The molecule has 8 heteroatoms. The van der Waals surface area contributed by atoms with E-state index in [0.717, 1.165) is 4.47 Å². The maximum Gasteiger partial charge on any atom is 0.240 e. The van der Waals surface area contributed by atoms with Crippen LogP contribution in [-0.2, 0) is 4.79 Å². The quantitative estimate of drug-likeness (QED) is 0.431. The van der Waals surface area contributed by atoms with Crippen molar-refractivity contribution in [1.29, 1.82) is 0 Å². The molecule has 1 atom stereocenters. The van der Waals surface area contributed by atoms with Crippen LogP contribution in [0.3, 0.4) is 0 Å². The molecule has 1 aliphatic heterocycles. The van der Waals surface area contributed by atoms with E-state index in [1.165, 1.54) is 18.0 Å². The Hall–Kier alpha value is -2.45. The molecule has 1 heterocycles. The fourth-order valence-corrected chi connectivity index (χ4v) is 3.44. The van der Waals surface area contributed by atoms with Gasteiger partial charge >= 0.3 is 0 Å². The van der Waals surface area contributed by atoms with E-state index in [-0.39, 0.29) is 23.9 Å². The second-order valence-electron chi connectivity index (χ2n) is 5.44. The van der Waals surface area contributed by atoms with Gasteiger partial charge in [-0.15, -0.1) is 5.10 Å². The predicted octanol–water partition coefficient (Wildman–Crippen LogP) is 3.35. The van der Waals surface area contributed by atoms with E-state index < -0.39 is 5.25 Å². The van der Waals surface area contributed by atoms with Crippen molar-refractivity contribution in [2.75, 3.05) is 0 Å². The lowest BCUT2D eigenvalue weighted by molar-refractivity contribution is -0.118. The van der Waals surface area contributed by atoms with Gasteiger partial charge in [0.2, 0.25) is 5.91 Å². The Labute approximate surface area is 162 Å². The average molecular weight is 432 g/mol. The van der Waals surface area contributed by atoms with Crippen molar-refractivity contribution in [1.82, 2.24) is 5.32 Å². The van der Waals surface area contributed by atoms with Gasteiger partial charge in [-0.25, -0.2) is 0 Å². The third-order valence-electron chi connectivity index (χ3n) is 3.60. The van der Waals surface area contributed by atoms with Crippen molar-refractivity contribution in [2.45, 2.75) is 11.7 Å². The number of hydrogen-bond donors (Lipinski definition) is 2. The number of amidine groups is 1. The molecule has 0 aliphatic carbocycles. The zero-order valence-corrected chi connectivity index (χ0v) is 15.8. The third kappa shape index (κ3) is 4.59. The molecule has 1 unspecified atom stereocenters. The van der Waals surface area contributed by atoms with Gasteiger partial charge in [0.05, 0.1) is 11.5 Å². The van der Waals surface area contributed by atoms with Gasteiger partial charge in [-0.3, -0.25) is 9.59 Å². The van der Waals surface area contributed by atoms with Crippen molar-refractivity contribution in [2.24, 2.45) is 10.2 Å². The van der Waals surface area contributed by atoms with Crippen LogP contribution in [0.2, 0.25) is 0 Å². The van der Waals surface area contributed by atoms with Gasteiger partial charge in [0, 0.05) is 22.0 Å². The minimum Gasteiger partial charge on any atom is -0.507 e. The van der Waals surface area contributed by atoms with Crippen LogP contribution in [0.15, 0.2) is 63.2 Å². The summed E-state index contributed by atoms with van der Waals surface area (Å²) in [6.07, 6.45) is 1.48. The van der Waals surface area contributed by atoms with Gasteiger partial charge in [0.15, 0.2) is 11.0 Å². The molecule has 3 rings (SSSR count). The number of phenolic OH excluding ortho intramolecular Hbond substituents is 1. The molecule has 1 aliphatic rings. The Morgan fingerprint density at radius 3 is 2.69 bits per heavy atom. The molecule has 0 saturated carbocycles. The van der Waals surface area contributed by atoms with Gasteiger partial charge in [-0.05, 0) is 24.3 Å². The number of carbonyl (C=O) groups excluding carboxylic acids is 2. The summed E-state index contributed by atoms with van der Waals surface area (Å²) in [5.41, 5.74) is 1.08. The molecule has 0 radical (unpaired) electrons. The number of Topliss-reactive ketones (excluding diaryl/α,β-unsaturated/α-hetero) is 1. The number of carbonyl (C=O) groups is 2. The van der Waals surface area contributed by atoms with Crippen LogP contribution in [0.5, 0.6) is 5.75 Å². The predicted molar refractivity (Wildman–Crippen MR) is 106 cm³/mol. The molecule has 2 aromatic rings. The number of halogens is 1. The zero-order chi connectivity index (χ0) is 18.5. The van der Waals surface area contributed by atoms with Gasteiger partial charge in [0.25, 0.3) is 0 Å². The maximum absolute atomic E-state index is 12.3. The van der Waals surface area contributed by atoms with Crippen molar-refractivity contribution in [3.05, 3.63) is 64.1 Å². The molecule has 2 aromatic carbocycles. The molecule has 0 spiro atoms. The minimum absolute atomic E-state index is 0.0837. The molecular formula is C18H14BrN3O3S. The number of nitrogens with zero attached hydrogens (tertiary/aromatic N) is 2. The molecule has 0 aromatic heterocycles. The standard InChI is InChI=1S/C18H14BrN3O3S/c19-13-7-5-11(6-8-13)15(24)9-16-17(25)21-18(26-16)22-20-10-12-3-1-2-4-14(12)23/h1-8,10,16,23H,9H2,(H,21,22,25)/b20-10+. The lowest BCUT2D eigenvalue weighted by Crippen LogP contribution is -2.26. The van der Waals surface area contributed by atoms with Gasteiger partial charge in [-0.1, -0.05) is 52.0 Å². The number of hydrogen-bond acceptors (Lipinski definition) is 6. The Bertz CT molecular complexity index is 897. The highest BCUT2D eigenvalue weighted by atomic mass is 79.9. The van der Waals surface area contributed by atoms with Crippen LogP contribution in [0, 0.1) is 0 Å². The first-order valence-corrected chi connectivity index (χ1v) is 9.35. The summed E-state index contributed by atoms with van der Waals surface area (Å²) in [6.45, 7) is 0. The minimum atomic E-state index is -0.537. The fourth-order valence-electron chi connectivity index (χ4n) is 2.25. The number of amides is 1. The molecule has 6 nitrogen and oxygen atoms in total. The van der Waals surface area contributed by atoms with Gasteiger partial charge < -0.3 is 10.4 Å². The van der Waals surface area contributed by atoms with Crippen LogP contribution in [0.25, 0.3) is 0 Å². The van der Waals surface area contributed by atoms with Crippen LogP contribution < -0.4 is 5.32 Å². The first kappa shape index (κ1) is 18.3. The topological polar surface area (TPSA) is 91.1 Å². The monoisotopic (exact) mass is 431 g/mol. The van der Waals surface area contributed by atoms with Gasteiger partial charge in [0.1, 0.15) is 5.75 Å². The largest absolute Gasteiger partial charge is 0.507 e. The molecule has 0 bridgehead atoms. The smallest absolute Gasteiger partial charge is 0.240 e. The molecule has 2 N–H and O–H groups in total. The van der Waals surface area contributed by atoms with E-state index >= 15 is 0 Å². The summed E-state index contributed by atoms with van der Waals surface area (Å²) in [7, 11) is 0. The average Bonchev–Trinajstić information content (AvgIpc) is 2.96. The molecule has 132 valence electrons. The highest BCUT2D eigenvalue weighted by Gasteiger charge is 2.32. The van der Waals surface area contributed by atoms with E-state index in [4.69, 9.17) is 0 Å². The number of ketones is 1. The lowest BCUT2D eigenvalue weighted by Gasteiger charge is -2.04. The Morgan fingerprint density at radius 1 is 1.23 bits per heavy atom. The van der Waals surface area contributed by atoms with E-state index in [1.54, 1.807) is 48.5 Å². The molecule has 1 saturated heterocycles. The van der Waals surface area contributed by atoms with Crippen molar-refractivity contribution >= 4 is 50.8 Å². The summed E-state index contributed by atoms with van der Waals surface area (Å²) < 4.78 is 0.888. The second-order valence-corrected chi connectivity index (χ2v) is 7.55. The van der Waals surface area contributed by atoms with Crippen LogP contribution in [0.1, 0.15) is 22.3 Å².